The van der Waals surface area contributed by atoms with Gasteiger partial charge < -0.3 is 29.1 Å². The maximum Gasteiger partial charge on any atom is 0.308 e. The summed E-state index contributed by atoms with van der Waals surface area (Å²) in [4.78, 5) is 49.2. The zero-order valence-corrected chi connectivity index (χ0v) is 24.4. The third-order valence-electron chi connectivity index (χ3n) is 8.59. The minimum atomic E-state index is -0.934. The number of aliphatic carboxylic acids is 1. The van der Waals surface area contributed by atoms with Crippen molar-refractivity contribution in [3.63, 3.8) is 0 Å². The number of methoxy groups -OCH3 is 1. The van der Waals surface area contributed by atoms with Crippen LogP contribution in [0.2, 0.25) is 0 Å². The fourth-order valence-corrected chi connectivity index (χ4v) is 6.43. The van der Waals surface area contributed by atoms with Crippen LogP contribution in [0.3, 0.4) is 0 Å². The van der Waals surface area contributed by atoms with Gasteiger partial charge in [0.1, 0.15) is 0 Å². The van der Waals surface area contributed by atoms with E-state index in [0.29, 0.717) is 56.3 Å². The highest BCUT2D eigenvalue weighted by molar-refractivity contribution is 5.94. The predicted octanol–water partition coefficient (Wildman–Crippen LogP) is 3.52. The van der Waals surface area contributed by atoms with Crippen molar-refractivity contribution in [1.82, 2.24) is 14.8 Å². The van der Waals surface area contributed by atoms with E-state index in [9.17, 15) is 19.5 Å². The molecular weight excluding hydrogens is 540 g/mol. The van der Waals surface area contributed by atoms with Crippen LogP contribution >= 0.6 is 0 Å². The molecule has 11 heteroatoms. The van der Waals surface area contributed by atoms with E-state index in [1.807, 2.05) is 28.0 Å². The molecule has 2 amide bonds. The first kappa shape index (κ1) is 29.6. The van der Waals surface area contributed by atoms with Crippen molar-refractivity contribution in [2.24, 2.45) is 5.92 Å². The molecule has 11 nitrogen and oxygen atoms in total. The first-order valence-corrected chi connectivity index (χ1v) is 14.8. The molecule has 42 heavy (non-hydrogen) atoms. The Labute approximate surface area is 246 Å². The number of aromatic nitrogens is 1. The average molecular weight is 581 g/mol. The SMILES string of the molecule is CCCCN(C(=O)CN1C[C@H](c2cc(OC)c3c(c2)OCO3)C(C(=O)O)[C@@H]1CCN1CCCCC1=O)c1cccnc1. The molecule has 3 aliphatic rings. The van der Waals surface area contributed by atoms with Gasteiger partial charge in [0.05, 0.1) is 31.5 Å². The zero-order chi connectivity index (χ0) is 29.6. The molecule has 2 aromatic rings. The number of nitrogens with zero attached hydrogens (tertiary/aromatic N) is 4. The van der Waals surface area contributed by atoms with E-state index in [0.717, 1.165) is 36.9 Å². The Balaban J connectivity index is 1.45. The number of fused-ring (bicyclic) bond motifs is 1. The van der Waals surface area contributed by atoms with E-state index in [-0.39, 0.29) is 25.2 Å². The van der Waals surface area contributed by atoms with Crippen molar-refractivity contribution in [2.75, 3.05) is 51.5 Å². The lowest BCUT2D eigenvalue weighted by Crippen LogP contribution is -2.46. The topological polar surface area (TPSA) is 122 Å². The summed E-state index contributed by atoms with van der Waals surface area (Å²) in [5, 5.41) is 10.6. The number of carbonyl (C=O) groups excluding carboxylic acids is 2. The highest BCUT2D eigenvalue weighted by Gasteiger charge is 2.48. The van der Waals surface area contributed by atoms with Gasteiger partial charge >= 0.3 is 5.97 Å². The quantitative estimate of drug-likeness (QED) is 0.402. The second-order valence-corrected chi connectivity index (χ2v) is 11.2. The largest absolute Gasteiger partial charge is 0.493 e. The molecule has 0 bridgehead atoms. The number of pyridine rings is 1. The van der Waals surface area contributed by atoms with Gasteiger partial charge in [0, 0.05) is 50.8 Å². The first-order valence-electron chi connectivity index (χ1n) is 14.8. The molecule has 2 fully saturated rings. The Morgan fingerprint density at radius 3 is 2.81 bits per heavy atom. The molecule has 0 spiro atoms. The molecule has 1 aromatic heterocycles. The second-order valence-electron chi connectivity index (χ2n) is 11.2. The molecule has 0 saturated carbocycles. The number of unbranched alkanes of at least 4 members (excludes halogenated alkanes) is 1. The summed E-state index contributed by atoms with van der Waals surface area (Å²) in [5.74, 6) is -0.666. The molecule has 4 heterocycles. The summed E-state index contributed by atoms with van der Waals surface area (Å²) < 4.78 is 16.7. The van der Waals surface area contributed by atoms with Gasteiger partial charge in [-0.05, 0) is 55.5 Å². The maximum absolute atomic E-state index is 13.9. The van der Waals surface area contributed by atoms with Gasteiger partial charge in [-0.25, -0.2) is 0 Å². The Hall–Kier alpha value is -3.86. The minimum Gasteiger partial charge on any atom is -0.493 e. The molecule has 226 valence electrons. The number of hydrogen-bond donors (Lipinski definition) is 1. The molecule has 2 saturated heterocycles. The van der Waals surface area contributed by atoms with Crippen LogP contribution in [-0.2, 0) is 14.4 Å². The summed E-state index contributed by atoms with van der Waals surface area (Å²) in [5.41, 5.74) is 1.48. The molecule has 3 atom stereocenters. The standard InChI is InChI=1S/C31H40N4O7/c1-3-4-13-35(22-8-7-11-32-17-22)28(37)19-34-18-23(21-15-25(40-2)30-26(16-21)41-20-42-30)29(31(38)39)24(34)10-14-33-12-6-5-9-27(33)36/h7-8,11,15-17,23-24,29H,3-6,9-10,12-14,18-20H2,1-2H3,(H,38,39)/t23-,24+,29?/m1/s1. The van der Waals surface area contributed by atoms with Crippen LogP contribution in [0.5, 0.6) is 17.2 Å². The van der Waals surface area contributed by atoms with E-state index in [1.54, 1.807) is 23.4 Å². The lowest BCUT2D eigenvalue weighted by Gasteiger charge is -2.32. The number of carbonyl (C=O) groups is 3. The summed E-state index contributed by atoms with van der Waals surface area (Å²) in [6.07, 6.45) is 7.91. The van der Waals surface area contributed by atoms with E-state index >= 15 is 0 Å². The summed E-state index contributed by atoms with van der Waals surface area (Å²) in [6.45, 7) is 4.24. The van der Waals surface area contributed by atoms with Crippen LogP contribution in [0.1, 0.15) is 56.9 Å². The number of anilines is 1. The van der Waals surface area contributed by atoms with Gasteiger partial charge in [0.25, 0.3) is 0 Å². The van der Waals surface area contributed by atoms with Gasteiger partial charge in [-0.2, -0.15) is 0 Å². The van der Waals surface area contributed by atoms with Gasteiger partial charge in [-0.3, -0.25) is 24.3 Å². The van der Waals surface area contributed by atoms with Crippen LogP contribution < -0.4 is 19.1 Å². The van der Waals surface area contributed by atoms with Crippen molar-refractivity contribution in [2.45, 2.75) is 57.4 Å². The Morgan fingerprint density at radius 1 is 1.24 bits per heavy atom. The monoisotopic (exact) mass is 580 g/mol. The third kappa shape index (κ3) is 6.30. The third-order valence-corrected chi connectivity index (χ3v) is 8.59. The number of carboxylic acids is 1. The van der Waals surface area contributed by atoms with Crippen LogP contribution in [0, 0.1) is 5.92 Å². The number of ether oxygens (including phenoxy) is 3. The minimum absolute atomic E-state index is 0.0548. The average Bonchev–Trinajstić information content (AvgIpc) is 3.62. The van der Waals surface area contributed by atoms with Gasteiger partial charge in [0.15, 0.2) is 11.5 Å². The smallest absolute Gasteiger partial charge is 0.308 e. The van der Waals surface area contributed by atoms with Crippen molar-refractivity contribution in [3.05, 3.63) is 42.2 Å². The Bertz CT molecular complexity index is 1270. The zero-order valence-electron chi connectivity index (χ0n) is 24.4. The first-order chi connectivity index (χ1) is 20.4. The summed E-state index contributed by atoms with van der Waals surface area (Å²) in [6, 6.07) is 6.86. The number of benzene rings is 1. The summed E-state index contributed by atoms with van der Waals surface area (Å²) in [7, 11) is 1.54. The highest BCUT2D eigenvalue weighted by Crippen LogP contribution is 2.47. The fourth-order valence-electron chi connectivity index (χ4n) is 6.43. The van der Waals surface area contributed by atoms with E-state index in [4.69, 9.17) is 14.2 Å². The number of likely N-dealkylation sites (tertiary alicyclic amines) is 2. The van der Waals surface area contributed by atoms with E-state index in [1.165, 1.54) is 7.11 Å². The number of hydrogen-bond acceptors (Lipinski definition) is 8. The van der Waals surface area contributed by atoms with E-state index in [2.05, 4.69) is 11.9 Å². The number of carboxylic acid groups (broad SMARTS) is 1. The molecule has 0 radical (unpaired) electrons. The van der Waals surface area contributed by atoms with E-state index < -0.39 is 23.8 Å². The van der Waals surface area contributed by atoms with Crippen LogP contribution in [0.4, 0.5) is 5.69 Å². The molecule has 1 aromatic carbocycles. The predicted molar refractivity (Wildman–Crippen MR) is 155 cm³/mol. The lowest BCUT2D eigenvalue weighted by molar-refractivity contribution is -0.143. The molecule has 5 rings (SSSR count). The maximum atomic E-state index is 13.9. The number of amides is 2. The lowest BCUT2D eigenvalue weighted by atomic mass is 9.84. The van der Waals surface area contributed by atoms with Crippen molar-refractivity contribution in [3.8, 4) is 17.2 Å². The van der Waals surface area contributed by atoms with Crippen molar-refractivity contribution in [1.29, 1.82) is 0 Å². The number of piperidine rings is 1. The normalized spacial score (nSPS) is 21.9. The molecule has 1 unspecified atom stereocenters. The van der Waals surface area contributed by atoms with Gasteiger partial charge in [-0.15, -0.1) is 0 Å². The van der Waals surface area contributed by atoms with Crippen molar-refractivity contribution >= 4 is 23.5 Å². The fraction of sp³-hybridized carbons (Fsp3) is 0.548. The highest BCUT2D eigenvalue weighted by atomic mass is 16.7. The second kappa shape index (κ2) is 13.4. The molecule has 0 aliphatic carbocycles. The van der Waals surface area contributed by atoms with Crippen LogP contribution in [0.15, 0.2) is 36.7 Å². The molecular formula is C31H40N4O7. The van der Waals surface area contributed by atoms with Crippen LogP contribution in [0.25, 0.3) is 0 Å². The van der Waals surface area contributed by atoms with Gasteiger partial charge in [-0.1, -0.05) is 13.3 Å². The van der Waals surface area contributed by atoms with Crippen molar-refractivity contribution < 1.29 is 33.7 Å². The Kier molecular flexibility index (Phi) is 9.46. The number of rotatable bonds is 12. The molecule has 3 aliphatic heterocycles. The van der Waals surface area contributed by atoms with Crippen LogP contribution in [-0.4, -0.2) is 90.3 Å². The van der Waals surface area contributed by atoms with Gasteiger partial charge in [0.2, 0.25) is 24.4 Å². The molecule has 1 N–H and O–H groups in total. The summed E-state index contributed by atoms with van der Waals surface area (Å²) >= 11 is 0. The Morgan fingerprint density at radius 2 is 2.10 bits per heavy atom.